The molecule has 3 aromatic rings. The van der Waals surface area contributed by atoms with Crippen molar-refractivity contribution in [3.63, 3.8) is 0 Å². The third-order valence-electron chi connectivity index (χ3n) is 11.5. The number of anilines is 1. The Morgan fingerprint density at radius 1 is 0.893 bits per heavy atom. The fraction of sp³-hybridized carbons (Fsp3) is 0.413. The third-order valence-corrected chi connectivity index (χ3v) is 12.3. The molecule has 6 rings (SSSR count). The maximum atomic E-state index is 13.5. The van der Waals surface area contributed by atoms with Gasteiger partial charge in [0.15, 0.2) is 18.1 Å². The van der Waals surface area contributed by atoms with E-state index in [-0.39, 0.29) is 23.2 Å². The van der Waals surface area contributed by atoms with Crippen LogP contribution in [0.4, 0.5) is 16.2 Å². The van der Waals surface area contributed by atoms with Gasteiger partial charge in [0, 0.05) is 65.2 Å². The third kappa shape index (κ3) is 9.08. The molecule has 0 saturated heterocycles. The summed E-state index contributed by atoms with van der Waals surface area (Å²) in [6.45, 7) is 12.9. The van der Waals surface area contributed by atoms with Crippen molar-refractivity contribution >= 4 is 33.3 Å². The summed E-state index contributed by atoms with van der Waals surface area (Å²) in [6, 6.07) is 20.9. The molecule has 1 aromatic heterocycles. The van der Waals surface area contributed by atoms with Crippen LogP contribution in [0.2, 0.25) is 0 Å². The van der Waals surface area contributed by atoms with Crippen LogP contribution in [-0.4, -0.2) is 48.2 Å². The second-order valence-corrected chi connectivity index (χ2v) is 17.8. The summed E-state index contributed by atoms with van der Waals surface area (Å²) in [5.74, 6) is -0.261. The Balaban J connectivity index is 1.35. The standard InChI is InChI=1S/C46H56N4O5S/c1-7-8-13-28-49-39-18-11-9-16-37(39)45(2,3)41(49)24-22-35-20-21-36(43(35)47-44(51)55-33-34-26-30-48(6)31-27-34)23-25-42-46(4,5)38-17-10-12-19-40(38)50(42)29-14-15-32-56(52,53)54/h9-12,16-19,22-27,30-31H,7-8,13-15,20-21,28-29,32-33H2,1-6H3/p+2/b36-23+,42-25+. The molecule has 2 aromatic carbocycles. The second kappa shape index (κ2) is 17.1. The summed E-state index contributed by atoms with van der Waals surface area (Å²) in [6.07, 6.45) is 18.0. The molecular weight excluding hydrogens is 721 g/mol. The largest absolute Gasteiger partial charge is 0.444 e. The number of amides is 1. The van der Waals surface area contributed by atoms with E-state index in [1.165, 1.54) is 28.9 Å². The molecule has 0 fully saturated rings. The summed E-state index contributed by atoms with van der Waals surface area (Å²) in [5.41, 5.74) is 10.4. The molecule has 0 bridgehead atoms. The number of benzene rings is 2. The highest BCUT2D eigenvalue weighted by molar-refractivity contribution is 7.85. The zero-order valence-electron chi connectivity index (χ0n) is 33.8. The van der Waals surface area contributed by atoms with Gasteiger partial charge in [0.05, 0.1) is 16.9 Å². The Bertz CT molecular complexity index is 2210. The van der Waals surface area contributed by atoms with E-state index in [1.807, 2.05) is 48.3 Å². The average Bonchev–Trinajstić information content (AvgIpc) is 3.71. The Hall–Kier alpha value is -4.80. The Morgan fingerprint density at radius 3 is 2.34 bits per heavy atom. The quantitative estimate of drug-likeness (QED) is 0.0909. The summed E-state index contributed by atoms with van der Waals surface area (Å²) in [7, 11) is -2.07. The number of nitrogens with one attached hydrogen (secondary N) is 1. The SMILES string of the molecule is CCCCC[N+]1=C(/C=C/C2=C(NC(=O)OCc3cc[n+](C)cc3)C(=C/C=C3/N(CCCCS(=O)(=O)O)c4ccccc4C3(C)C)/CC2)C(C)(C)c2ccccc21. The van der Waals surface area contributed by atoms with Gasteiger partial charge in [0.25, 0.3) is 10.1 Å². The molecule has 0 radical (unpaired) electrons. The van der Waals surface area contributed by atoms with Gasteiger partial charge in [-0.3, -0.25) is 9.87 Å². The monoisotopic (exact) mass is 778 g/mol. The van der Waals surface area contributed by atoms with Gasteiger partial charge >= 0.3 is 6.09 Å². The number of para-hydroxylation sites is 2. The minimum Gasteiger partial charge on any atom is -0.444 e. The number of carbonyl (C=O) groups excluding carboxylic acids is 1. The Labute approximate surface area is 333 Å². The molecule has 1 aliphatic carbocycles. The number of rotatable bonds is 15. The number of allylic oxidation sites excluding steroid dienone is 7. The van der Waals surface area contributed by atoms with Crippen molar-refractivity contribution in [3.8, 4) is 0 Å². The summed E-state index contributed by atoms with van der Waals surface area (Å²) < 4.78 is 42.4. The van der Waals surface area contributed by atoms with E-state index in [0.717, 1.165) is 66.0 Å². The van der Waals surface area contributed by atoms with E-state index < -0.39 is 16.2 Å². The normalized spacial score (nSPS) is 18.7. The van der Waals surface area contributed by atoms with Crippen LogP contribution in [0.15, 0.2) is 120 Å². The van der Waals surface area contributed by atoms with Crippen LogP contribution in [0.1, 0.15) is 96.3 Å². The van der Waals surface area contributed by atoms with Crippen LogP contribution in [-0.2, 0) is 39.3 Å². The van der Waals surface area contributed by atoms with Crippen LogP contribution in [0, 0.1) is 0 Å². The van der Waals surface area contributed by atoms with Gasteiger partial charge in [-0.05, 0) is 74.8 Å². The lowest BCUT2D eigenvalue weighted by Crippen LogP contribution is -2.28. The van der Waals surface area contributed by atoms with Gasteiger partial charge in [-0.2, -0.15) is 13.0 Å². The molecule has 0 unspecified atom stereocenters. The minimum atomic E-state index is -4.02. The van der Waals surface area contributed by atoms with Gasteiger partial charge in [-0.1, -0.05) is 75.7 Å². The molecule has 3 heterocycles. The number of hydrogen-bond acceptors (Lipinski definition) is 5. The Morgan fingerprint density at radius 2 is 1.61 bits per heavy atom. The summed E-state index contributed by atoms with van der Waals surface area (Å²) >= 11 is 0. The van der Waals surface area contributed by atoms with Gasteiger partial charge in [-0.25, -0.2) is 9.36 Å². The number of hydrogen-bond donors (Lipinski definition) is 2. The van der Waals surface area contributed by atoms with E-state index in [9.17, 15) is 17.8 Å². The predicted molar refractivity (Wildman–Crippen MR) is 224 cm³/mol. The lowest BCUT2D eigenvalue weighted by Gasteiger charge is -2.27. The number of nitrogens with zero attached hydrogens (tertiary/aromatic N) is 3. The smallest absolute Gasteiger partial charge is 0.411 e. The molecule has 0 atom stereocenters. The summed E-state index contributed by atoms with van der Waals surface area (Å²) in [4.78, 5) is 15.8. The molecule has 0 spiro atoms. The van der Waals surface area contributed by atoms with Crippen molar-refractivity contribution in [3.05, 3.63) is 137 Å². The number of alkyl carbamates (subject to hydrolysis) is 1. The molecule has 0 saturated carbocycles. The first-order chi connectivity index (χ1) is 26.7. The van der Waals surface area contributed by atoms with Gasteiger partial charge in [0.1, 0.15) is 20.2 Å². The topological polar surface area (TPSA) is 103 Å². The molecule has 3 aliphatic rings. The minimum absolute atomic E-state index is 0.157. The van der Waals surface area contributed by atoms with E-state index in [4.69, 9.17) is 4.74 Å². The maximum absolute atomic E-state index is 13.5. The highest BCUT2D eigenvalue weighted by atomic mass is 32.2. The van der Waals surface area contributed by atoms with E-state index >= 15 is 0 Å². The maximum Gasteiger partial charge on any atom is 0.411 e. The predicted octanol–water partition coefficient (Wildman–Crippen LogP) is 8.88. The molecule has 296 valence electrons. The molecular formula is C46H58N4O5S+2. The van der Waals surface area contributed by atoms with Gasteiger partial charge in [0.2, 0.25) is 5.69 Å². The van der Waals surface area contributed by atoms with Crippen molar-refractivity contribution in [2.75, 3.05) is 23.7 Å². The van der Waals surface area contributed by atoms with Gasteiger partial charge in [-0.15, -0.1) is 0 Å². The zero-order chi connectivity index (χ0) is 40.1. The first-order valence-corrected chi connectivity index (χ1v) is 21.6. The van der Waals surface area contributed by atoms with Gasteiger partial charge < -0.3 is 9.64 Å². The van der Waals surface area contributed by atoms with Crippen LogP contribution in [0.5, 0.6) is 0 Å². The van der Waals surface area contributed by atoms with Crippen molar-refractivity contribution < 1.29 is 31.6 Å². The second-order valence-electron chi connectivity index (χ2n) is 16.2. The molecule has 10 heteroatoms. The number of fused-ring (bicyclic) bond motifs is 2. The van der Waals surface area contributed by atoms with E-state index in [0.29, 0.717) is 19.4 Å². The van der Waals surface area contributed by atoms with Crippen LogP contribution in [0.3, 0.4) is 0 Å². The van der Waals surface area contributed by atoms with Crippen molar-refractivity contribution in [2.45, 2.75) is 97.0 Å². The van der Waals surface area contributed by atoms with Crippen molar-refractivity contribution in [1.82, 2.24) is 5.32 Å². The van der Waals surface area contributed by atoms with E-state index in [1.54, 1.807) is 0 Å². The highest BCUT2D eigenvalue weighted by Crippen LogP contribution is 2.48. The number of aromatic nitrogens is 1. The van der Waals surface area contributed by atoms with Crippen LogP contribution in [0.25, 0.3) is 0 Å². The van der Waals surface area contributed by atoms with Crippen molar-refractivity contribution in [2.24, 2.45) is 7.05 Å². The van der Waals surface area contributed by atoms with Crippen molar-refractivity contribution in [1.29, 1.82) is 0 Å². The number of ether oxygens (including phenoxy) is 1. The first-order valence-electron chi connectivity index (χ1n) is 20.0. The fourth-order valence-corrected chi connectivity index (χ4v) is 8.90. The lowest BCUT2D eigenvalue weighted by molar-refractivity contribution is -0.671. The first kappa shape index (κ1) is 40.9. The molecule has 2 aliphatic heterocycles. The van der Waals surface area contributed by atoms with Crippen LogP contribution >= 0.6 is 0 Å². The fourth-order valence-electron chi connectivity index (χ4n) is 8.33. The molecule has 56 heavy (non-hydrogen) atoms. The summed E-state index contributed by atoms with van der Waals surface area (Å²) in [5, 5.41) is 3.15. The number of unbranched alkanes of at least 4 members (excludes halogenated alkanes) is 3. The Kier molecular flexibility index (Phi) is 12.5. The average molecular weight is 779 g/mol. The molecule has 1 amide bonds. The number of pyridine rings is 1. The van der Waals surface area contributed by atoms with E-state index in [2.05, 4.69) is 110 Å². The number of carbonyl (C=O) groups is 1. The lowest BCUT2D eigenvalue weighted by atomic mass is 9.81. The number of aryl methyl sites for hydroxylation is 1. The zero-order valence-corrected chi connectivity index (χ0v) is 34.7. The van der Waals surface area contributed by atoms with Crippen LogP contribution < -0.4 is 14.8 Å². The molecule has 9 nitrogen and oxygen atoms in total. The molecule has 2 N–H and O–H groups in total. The highest BCUT2D eigenvalue weighted by Gasteiger charge is 2.44.